The van der Waals surface area contributed by atoms with Crippen molar-refractivity contribution >= 4 is 17.3 Å². The van der Waals surface area contributed by atoms with Gasteiger partial charge in [-0.3, -0.25) is 9.69 Å². The molecule has 5 heteroatoms. The highest BCUT2D eigenvalue weighted by Gasteiger charge is 2.26. The fourth-order valence-corrected chi connectivity index (χ4v) is 2.44. The second kappa shape index (κ2) is 4.51. The molecule has 0 aliphatic heterocycles. The Morgan fingerprint density at radius 3 is 3.00 bits per heavy atom. The highest BCUT2D eigenvalue weighted by atomic mass is 32.1. The summed E-state index contributed by atoms with van der Waals surface area (Å²) in [6.45, 7) is 2.31. The van der Waals surface area contributed by atoms with Crippen LogP contribution in [-0.2, 0) is 11.3 Å². The van der Waals surface area contributed by atoms with Gasteiger partial charge in [-0.1, -0.05) is 0 Å². The highest BCUT2D eigenvalue weighted by Crippen LogP contribution is 2.40. The minimum absolute atomic E-state index is 0.465. The van der Waals surface area contributed by atoms with Crippen molar-refractivity contribution in [1.82, 2.24) is 9.88 Å². The molecule has 1 aromatic rings. The van der Waals surface area contributed by atoms with E-state index in [4.69, 9.17) is 5.11 Å². The van der Waals surface area contributed by atoms with Crippen molar-refractivity contribution in [2.45, 2.75) is 38.3 Å². The van der Waals surface area contributed by atoms with Gasteiger partial charge < -0.3 is 5.11 Å². The van der Waals surface area contributed by atoms with Crippen molar-refractivity contribution in [3.8, 4) is 0 Å². The summed E-state index contributed by atoms with van der Waals surface area (Å²) in [4.78, 5) is 17.1. The quantitative estimate of drug-likeness (QED) is 0.854. The van der Waals surface area contributed by atoms with Crippen LogP contribution in [0.2, 0.25) is 0 Å². The number of rotatable bonds is 5. The highest BCUT2D eigenvalue weighted by molar-refractivity contribution is 7.09. The Kier molecular flexibility index (Phi) is 3.25. The summed E-state index contributed by atoms with van der Waals surface area (Å²) in [5.41, 5.74) is 1.19. The average Bonchev–Trinajstić information content (AvgIpc) is 2.99. The summed E-state index contributed by atoms with van der Waals surface area (Å²) in [7, 11) is 1.82. The molecule has 2 rings (SSSR count). The summed E-state index contributed by atoms with van der Waals surface area (Å²) >= 11 is 1.63. The standard InChI is InChI=1S/C11H16N2O2S/c1-7(11(14)15)13(2)5-10-12-9(6-16-10)8-3-4-8/h6-8H,3-5H2,1-2H3,(H,14,15)/t7-/m0/s1. The molecule has 1 N–H and O–H groups in total. The van der Waals surface area contributed by atoms with E-state index in [1.54, 1.807) is 23.2 Å². The van der Waals surface area contributed by atoms with E-state index < -0.39 is 12.0 Å². The lowest BCUT2D eigenvalue weighted by Gasteiger charge is -2.19. The van der Waals surface area contributed by atoms with Gasteiger partial charge in [-0.25, -0.2) is 4.98 Å². The minimum atomic E-state index is -0.790. The molecule has 88 valence electrons. The van der Waals surface area contributed by atoms with Gasteiger partial charge in [0.15, 0.2) is 0 Å². The largest absolute Gasteiger partial charge is 0.480 e. The first kappa shape index (κ1) is 11.5. The second-order valence-corrected chi connectivity index (χ2v) is 5.31. The van der Waals surface area contributed by atoms with Crippen molar-refractivity contribution in [1.29, 1.82) is 0 Å². The van der Waals surface area contributed by atoms with Crippen molar-refractivity contribution in [2.24, 2.45) is 0 Å². The molecule has 0 saturated heterocycles. The SMILES string of the molecule is C[C@@H](C(=O)O)N(C)Cc1nc(C2CC2)cs1. The molecule has 0 bridgehead atoms. The van der Waals surface area contributed by atoms with Crippen LogP contribution >= 0.6 is 11.3 Å². The molecule has 0 aromatic carbocycles. The number of hydrogen-bond donors (Lipinski definition) is 1. The maximum absolute atomic E-state index is 10.8. The molecule has 4 nitrogen and oxygen atoms in total. The molecule has 0 unspecified atom stereocenters. The fourth-order valence-electron chi connectivity index (χ4n) is 1.50. The van der Waals surface area contributed by atoms with Gasteiger partial charge in [0, 0.05) is 11.3 Å². The van der Waals surface area contributed by atoms with Crippen molar-refractivity contribution in [3.63, 3.8) is 0 Å². The Morgan fingerprint density at radius 1 is 1.75 bits per heavy atom. The van der Waals surface area contributed by atoms with E-state index in [9.17, 15) is 4.79 Å². The van der Waals surface area contributed by atoms with Crippen molar-refractivity contribution in [3.05, 3.63) is 16.1 Å². The van der Waals surface area contributed by atoms with Gasteiger partial charge in [-0.2, -0.15) is 0 Å². The molecular formula is C11H16N2O2S. The zero-order valence-electron chi connectivity index (χ0n) is 9.51. The summed E-state index contributed by atoms with van der Waals surface area (Å²) in [5.74, 6) is -0.117. The van der Waals surface area contributed by atoms with Crippen LogP contribution in [0.3, 0.4) is 0 Å². The molecule has 1 saturated carbocycles. The smallest absolute Gasteiger partial charge is 0.320 e. The molecule has 1 aromatic heterocycles. The summed E-state index contributed by atoms with van der Waals surface area (Å²) in [6.07, 6.45) is 2.51. The summed E-state index contributed by atoms with van der Waals surface area (Å²) < 4.78 is 0. The van der Waals surface area contributed by atoms with Crippen LogP contribution < -0.4 is 0 Å². The molecular weight excluding hydrogens is 224 g/mol. The van der Waals surface area contributed by atoms with Gasteiger partial charge in [0.05, 0.1) is 12.2 Å². The van der Waals surface area contributed by atoms with Crippen molar-refractivity contribution < 1.29 is 9.90 Å². The predicted molar refractivity (Wildman–Crippen MR) is 62.7 cm³/mol. The van der Waals surface area contributed by atoms with Crippen molar-refractivity contribution in [2.75, 3.05) is 7.05 Å². The zero-order valence-corrected chi connectivity index (χ0v) is 10.3. The van der Waals surface area contributed by atoms with E-state index in [1.807, 2.05) is 7.05 Å². The number of carboxylic acid groups (broad SMARTS) is 1. The lowest BCUT2D eigenvalue weighted by Crippen LogP contribution is -2.35. The number of aliphatic carboxylic acids is 1. The number of aromatic nitrogens is 1. The predicted octanol–water partition coefficient (Wildman–Crippen LogP) is 1.93. The van der Waals surface area contributed by atoms with E-state index >= 15 is 0 Å². The lowest BCUT2D eigenvalue weighted by molar-refractivity contribution is -0.142. The molecule has 16 heavy (non-hydrogen) atoms. The van der Waals surface area contributed by atoms with Crippen LogP contribution in [0.1, 0.15) is 36.4 Å². The maximum Gasteiger partial charge on any atom is 0.320 e. The topological polar surface area (TPSA) is 53.4 Å². The molecule has 0 amide bonds. The van der Waals surface area contributed by atoms with Gasteiger partial charge in [0.1, 0.15) is 11.0 Å². The van der Waals surface area contributed by atoms with E-state index in [1.165, 1.54) is 18.5 Å². The Bertz CT molecular complexity index is 387. The Balaban J connectivity index is 1.94. The summed E-state index contributed by atoms with van der Waals surface area (Å²) in [5, 5.41) is 12.0. The van der Waals surface area contributed by atoms with Gasteiger partial charge >= 0.3 is 5.97 Å². The third-order valence-corrected chi connectivity index (χ3v) is 3.82. The third-order valence-electron chi connectivity index (χ3n) is 2.97. The lowest BCUT2D eigenvalue weighted by atomic mass is 10.3. The molecule has 0 radical (unpaired) electrons. The van der Waals surface area contributed by atoms with Crippen LogP contribution in [-0.4, -0.2) is 34.0 Å². The van der Waals surface area contributed by atoms with Gasteiger partial charge in [0.25, 0.3) is 0 Å². The van der Waals surface area contributed by atoms with E-state index in [0.717, 1.165) is 5.01 Å². The van der Waals surface area contributed by atoms with Gasteiger partial charge in [-0.05, 0) is 26.8 Å². The molecule has 0 spiro atoms. The number of carboxylic acids is 1. The molecule has 1 fully saturated rings. The first-order chi connectivity index (χ1) is 7.58. The van der Waals surface area contributed by atoms with E-state index in [-0.39, 0.29) is 0 Å². The number of nitrogens with zero attached hydrogens (tertiary/aromatic N) is 2. The Hall–Kier alpha value is -0.940. The fraction of sp³-hybridized carbons (Fsp3) is 0.636. The first-order valence-electron chi connectivity index (χ1n) is 5.45. The first-order valence-corrected chi connectivity index (χ1v) is 6.33. The monoisotopic (exact) mass is 240 g/mol. The second-order valence-electron chi connectivity index (χ2n) is 4.37. The van der Waals surface area contributed by atoms with Crippen LogP contribution in [0.25, 0.3) is 0 Å². The maximum atomic E-state index is 10.8. The molecule has 1 heterocycles. The number of likely N-dealkylation sites (N-methyl/N-ethyl adjacent to an activating group) is 1. The average molecular weight is 240 g/mol. The third kappa shape index (κ3) is 2.59. The molecule has 1 aliphatic rings. The van der Waals surface area contributed by atoms with Crippen LogP contribution in [0, 0.1) is 0 Å². The number of carbonyl (C=O) groups is 1. The normalized spacial score (nSPS) is 17.7. The van der Waals surface area contributed by atoms with Gasteiger partial charge in [0.2, 0.25) is 0 Å². The van der Waals surface area contributed by atoms with Crippen LogP contribution in [0.4, 0.5) is 0 Å². The Morgan fingerprint density at radius 2 is 2.44 bits per heavy atom. The van der Waals surface area contributed by atoms with E-state index in [0.29, 0.717) is 12.5 Å². The summed E-state index contributed by atoms with van der Waals surface area (Å²) in [6, 6.07) is -0.465. The number of hydrogen-bond acceptors (Lipinski definition) is 4. The van der Waals surface area contributed by atoms with E-state index in [2.05, 4.69) is 10.4 Å². The Labute approximate surface area is 98.9 Å². The van der Waals surface area contributed by atoms with Gasteiger partial charge in [-0.15, -0.1) is 11.3 Å². The zero-order chi connectivity index (χ0) is 11.7. The molecule has 1 aliphatic carbocycles. The van der Waals surface area contributed by atoms with Crippen LogP contribution in [0.5, 0.6) is 0 Å². The number of thiazole rings is 1. The van der Waals surface area contributed by atoms with Crippen LogP contribution in [0.15, 0.2) is 5.38 Å². The minimum Gasteiger partial charge on any atom is -0.480 e. The molecule has 1 atom stereocenters.